The summed E-state index contributed by atoms with van der Waals surface area (Å²) in [6.45, 7) is 4.14. The van der Waals surface area contributed by atoms with Crippen LogP contribution in [-0.2, 0) is 4.79 Å². The molecule has 0 spiro atoms. The first-order chi connectivity index (χ1) is 9.55. The van der Waals surface area contributed by atoms with E-state index in [2.05, 4.69) is 17.6 Å². The van der Waals surface area contributed by atoms with Crippen LogP contribution >= 0.6 is 11.8 Å². The molecule has 20 heavy (non-hydrogen) atoms. The molecule has 2 amide bonds. The van der Waals surface area contributed by atoms with Gasteiger partial charge in [-0.15, -0.1) is 0 Å². The zero-order valence-corrected chi connectivity index (χ0v) is 13.2. The van der Waals surface area contributed by atoms with Crippen molar-refractivity contribution < 1.29 is 14.7 Å². The van der Waals surface area contributed by atoms with Crippen molar-refractivity contribution in [2.45, 2.75) is 69.7 Å². The standard InChI is InChI=1S/C14H26N2O3S/c1-3-5-10(9-13(17)18)15-14(19)16-11-6-7-12(8-11)20-4-2/h10-12H,3-9H2,1-2H3,(H,17,18)(H2,15,16,19). The molecule has 3 atom stereocenters. The lowest BCUT2D eigenvalue weighted by atomic mass is 10.1. The van der Waals surface area contributed by atoms with E-state index in [4.69, 9.17) is 5.11 Å². The molecule has 1 aliphatic rings. The summed E-state index contributed by atoms with van der Waals surface area (Å²) in [5.74, 6) is 0.241. The Morgan fingerprint density at radius 3 is 2.70 bits per heavy atom. The van der Waals surface area contributed by atoms with Gasteiger partial charge in [0.25, 0.3) is 0 Å². The van der Waals surface area contributed by atoms with Crippen LogP contribution in [0.2, 0.25) is 0 Å². The Morgan fingerprint density at radius 1 is 1.35 bits per heavy atom. The molecule has 0 aliphatic heterocycles. The first-order valence-corrected chi connectivity index (χ1v) is 8.50. The third kappa shape index (κ3) is 6.50. The summed E-state index contributed by atoms with van der Waals surface area (Å²) in [6.07, 6.45) is 4.72. The number of thioether (sulfide) groups is 1. The molecule has 5 nitrogen and oxygen atoms in total. The van der Waals surface area contributed by atoms with Gasteiger partial charge in [0.1, 0.15) is 0 Å². The zero-order valence-electron chi connectivity index (χ0n) is 12.4. The maximum absolute atomic E-state index is 11.9. The molecule has 1 fully saturated rings. The molecule has 1 rings (SSSR count). The average molecular weight is 302 g/mol. The van der Waals surface area contributed by atoms with Crippen LogP contribution in [0.15, 0.2) is 0 Å². The highest BCUT2D eigenvalue weighted by Crippen LogP contribution is 2.29. The van der Waals surface area contributed by atoms with Gasteiger partial charge in [0.15, 0.2) is 0 Å². The summed E-state index contributed by atoms with van der Waals surface area (Å²) in [6, 6.07) is -0.275. The van der Waals surface area contributed by atoms with E-state index in [9.17, 15) is 9.59 Å². The topological polar surface area (TPSA) is 78.4 Å². The summed E-state index contributed by atoms with van der Waals surface area (Å²) < 4.78 is 0. The van der Waals surface area contributed by atoms with Crippen molar-refractivity contribution in [1.82, 2.24) is 10.6 Å². The molecule has 0 saturated heterocycles. The number of hydrogen-bond donors (Lipinski definition) is 3. The summed E-state index contributed by atoms with van der Waals surface area (Å²) in [7, 11) is 0. The highest BCUT2D eigenvalue weighted by molar-refractivity contribution is 7.99. The van der Waals surface area contributed by atoms with Crippen molar-refractivity contribution in [3.8, 4) is 0 Å². The molecule has 3 unspecified atom stereocenters. The number of nitrogens with one attached hydrogen (secondary N) is 2. The van der Waals surface area contributed by atoms with Crippen molar-refractivity contribution in [2.75, 3.05) is 5.75 Å². The van der Waals surface area contributed by atoms with Gasteiger partial charge >= 0.3 is 12.0 Å². The van der Waals surface area contributed by atoms with Gasteiger partial charge in [-0.05, 0) is 31.4 Å². The largest absolute Gasteiger partial charge is 0.481 e. The van der Waals surface area contributed by atoms with Crippen LogP contribution in [0.25, 0.3) is 0 Å². The molecule has 3 N–H and O–H groups in total. The Hall–Kier alpha value is -0.910. The number of aliphatic carboxylic acids is 1. The molecular formula is C14H26N2O3S. The molecular weight excluding hydrogens is 276 g/mol. The molecule has 0 aromatic carbocycles. The maximum atomic E-state index is 11.9. The van der Waals surface area contributed by atoms with E-state index in [1.807, 2.05) is 18.7 Å². The van der Waals surface area contributed by atoms with Gasteiger partial charge in [-0.2, -0.15) is 11.8 Å². The zero-order chi connectivity index (χ0) is 15.0. The van der Waals surface area contributed by atoms with E-state index in [-0.39, 0.29) is 24.5 Å². The lowest BCUT2D eigenvalue weighted by Crippen LogP contribution is -2.46. The summed E-state index contributed by atoms with van der Waals surface area (Å²) in [5, 5.41) is 15.2. The van der Waals surface area contributed by atoms with Crippen LogP contribution < -0.4 is 10.6 Å². The van der Waals surface area contributed by atoms with Crippen molar-refractivity contribution in [1.29, 1.82) is 0 Å². The van der Waals surface area contributed by atoms with Crippen LogP contribution in [-0.4, -0.2) is 40.2 Å². The Balaban J connectivity index is 2.32. The second kappa shape index (κ2) is 9.10. The first-order valence-electron chi connectivity index (χ1n) is 7.45. The van der Waals surface area contributed by atoms with Gasteiger partial charge in [-0.1, -0.05) is 20.3 Å². The van der Waals surface area contributed by atoms with Crippen molar-refractivity contribution in [3.63, 3.8) is 0 Å². The lowest BCUT2D eigenvalue weighted by molar-refractivity contribution is -0.137. The quantitative estimate of drug-likeness (QED) is 0.644. The first kappa shape index (κ1) is 17.1. The fourth-order valence-electron chi connectivity index (χ4n) is 2.66. The number of amides is 2. The highest BCUT2D eigenvalue weighted by atomic mass is 32.2. The number of urea groups is 1. The number of rotatable bonds is 8. The van der Waals surface area contributed by atoms with Gasteiger partial charge in [0.05, 0.1) is 6.42 Å². The highest BCUT2D eigenvalue weighted by Gasteiger charge is 2.26. The van der Waals surface area contributed by atoms with Crippen LogP contribution in [0, 0.1) is 0 Å². The molecule has 0 radical (unpaired) electrons. The minimum Gasteiger partial charge on any atom is -0.481 e. The summed E-state index contributed by atoms with van der Waals surface area (Å²) >= 11 is 1.95. The smallest absolute Gasteiger partial charge is 0.315 e. The van der Waals surface area contributed by atoms with Crippen molar-refractivity contribution >= 4 is 23.8 Å². The van der Waals surface area contributed by atoms with E-state index >= 15 is 0 Å². The van der Waals surface area contributed by atoms with E-state index in [1.54, 1.807) is 0 Å². The van der Waals surface area contributed by atoms with E-state index < -0.39 is 5.97 Å². The maximum Gasteiger partial charge on any atom is 0.315 e. The minimum atomic E-state index is -0.871. The predicted octanol–water partition coefficient (Wildman–Crippen LogP) is 2.60. The van der Waals surface area contributed by atoms with E-state index in [0.29, 0.717) is 11.7 Å². The molecule has 0 aromatic heterocycles. The number of carboxylic acids is 1. The van der Waals surface area contributed by atoms with Gasteiger partial charge < -0.3 is 15.7 Å². The molecule has 0 heterocycles. The predicted molar refractivity (Wildman–Crippen MR) is 82.2 cm³/mol. The third-order valence-corrected chi connectivity index (χ3v) is 4.75. The monoisotopic (exact) mass is 302 g/mol. The number of carbonyl (C=O) groups is 2. The molecule has 6 heteroatoms. The third-order valence-electron chi connectivity index (χ3n) is 3.52. The van der Waals surface area contributed by atoms with Gasteiger partial charge in [0, 0.05) is 17.3 Å². The number of hydrogen-bond acceptors (Lipinski definition) is 3. The van der Waals surface area contributed by atoms with Crippen LogP contribution in [0.1, 0.15) is 52.4 Å². The Morgan fingerprint density at radius 2 is 2.10 bits per heavy atom. The normalized spacial score (nSPS) is 23.3. The van der Waals surface area contributed by atoms with Crippen LogP contribution in [0.5, 0.6) is 0 Å². The molecule has 0 aromatic rings. The number of carboxylic acid groups (broad SMARTS) is 1. The second-order valence-corrected chi connectivity index (χ2v) is 6.87. The fraction of sp³-hybridized carbons (Fsp3) is 0.857. The minimum absolute atomic E-state index is 0.0137. The summed E-state index contributed by atoms with van der Waals surface area (Å²) in [5.41, 5.74) is 0. The Kier molecular flexibility index (Phi) is 7.80. The Bertz CT molecular complexity index is 326. The second-order valence-electron chi connectivity index (χ2n) is 5.29. The van der Waals surface area contributed by atoms with E-state index in [0.717, 1.165) is 31.4 Å². The lowest BCUT2D eigenvalue weighted by Gasteiger charge is -2.19. The average Bonchev–Trinajstić information content (AvgIpc) is 2.76. The summed E-state index contributed by atoms with van der Waals surface area (Å²) in [4.78, 5) is 22.7. The van der Waals surface area contributed by atoms with Crippen LogP contribution in [0.4, 0.5) is 4.79 Å². The molecule has 1 saturated carbocycles. The Labute approximate surface area is 125 Å². The molecule has 116 valence electrons. The van der Waals surface area contributed by atoms with Gasteiger partial charge in [-0.25, -0.2) is 4.79 Å². The fourth-order valence-corrected chi connectivity index (χ4v) is 3.80. The SMILES string of the molecule is CCCC(CC(=O)O)NC(=O)NC1CCC(SCC)C1. The van der Waals surface area contributed by atoms with Crippen molar-refractivity contribution in [3.05, 3.63) is 0 Å². The number of carbonyl (C=O) groups excluding carboxylic acids is 1. The van der Waals surface area contributed by atoms with Crippen LogP contribution in [0.3, 0.4) is 0 Å². The van der Waals surface area contributed by atoms with Gasteiger partial charge in [0.2, 0.25) is 0 Å². The van der Waals surface area contributed by atoms with Crippen molar-refractivity contribution in [2.24, 2.45) is 0 Å². The van der Waals surface area contributed by atoms with E-state index in [1.165, 1.54) is 0 Å². The molecule has 1 aliphatic carbocycles. The molecule has 0 bridgehead atoms. The van der Waals surface area contributed by atoms with Gasteiger partial charge in [-0.3, -0.25) is 4.79 Å².